The molecule has 0 aliphatic carbocycles. The largest absolute Gasteiger partial charge is 0.371 e. The summed E-state index contributed by atoms with van der Waals surface area (Å²) in [5, 5.41) is 15.1. The van der Waals surface area contributed by atoms with Crippen LogP contribution in [-0.2, 0) is 0 Å². The molecule has 26 heavy (non-hydrogen) atoms. The SMILES string of the molecule is O=C(N/N=C\c1cc([N+](=O)[O-])ccc1N1CCCCC1)c1ccncc1. The molecule has 2 aromatic rings. The molecule has 0 saturated carbocycles. The molecule has 1 aliphatic rings. The summed E-state index contributed by atoms with van der Waals surface area (Å²) in [6.45, 7) is 1.81. The number of nitro benzene ring substituents is 1. The van der Waals surface area contributed by atoms with E-state index in [1.807, 2.05) is 0 Å². The van der Waals surface area contributed by atoms with Crippen molar-refractivity contribution in [2.45, 2.75) is 19.3 Å². The van der Waals surface area contributed by atoms with E-state index < -0.39 is 4.92 Å². The lowest BCUT2D eigenvalue weighted by molar-refractivity contribution is -0.384. The number of aromatic nitrogens is 1. The molecule has 3 rings (SSSR count). The maximum atomic E-state index is 12.0. The summed E-state index contributed by atoms with van der Waals surface area (Å²) in [5.41, 5.74) is 4.37. The van der Waals surface area contributed by atoms with Crippen LogP contribution < -0.4 is 10.3 Å². The van der Waals surface area contributed by atoms with Crippen molar-refractivity contribution in [3.8, 4) is 0 Å². The lowest BCUT2D eigenvalue weighted by Crippen LogP contribution is -2.30. The van der Waals surface area contributed by atoms with Crippen LogP contribution in [0.5, 0.6) is 0 Å². The number of carbonyl (C=O) groups is 1. The lowest BCUT2D eigenvalue weighted by Gasteiger charge is -2.29. The van der Waals surface area contributed by atoms with Gasteiger partial charge in [-0.05, 0) is 37.5 Å². The number of non-ortho nitro benzene ring substituents is 1. The van der Waals surface area contributed by atoms with Crippen molar-refractivity contribution in [1.29, 1.82) is 0 Å². The molecule has 0 atom stereocenters. The molecule has 8 nitrogen and oxygen atoms in total. The molecule has 134 valence electrons. The molecule has 1 aliphatic heterocycles. The molecule has 0 radical (unpaired) electrons. The summed E-state index contributed by atoms with van der Waals surface area (Å²) in [6, 6.07) is 7.88. The van der Waals surface area contributed by atoms with Crippen LogP contribution in [0.1, 0.15) is 35.2 Å². The molecule has 0 unspecified atom stereocenters. The van der Waals surface area contributed by atoms with Crippen molar-refractivity contribution in [2.24, 2.45) is 5.10 Å². The van der Waals surface area contributed by atoms with E-state index in [0.29, 0.717) is 11.1 Å². The molecule has 1 fully saturated rings. The normalized spacial score (nSPS) is 14.4. The number of hydrogen-bond donors (Lipinski definition) is 1. The Labute approximate surface area is 150 Å². The van der Waals surface area contributed by atoms with Gasteiger partial charge in [-0.3, -0.25) is 19.9 Å². The number of nitro groups is 1. The van der Waals surface area contributed by atoms with E-state index in [0.717, 1.165) is 31.6 Å². The molecule has 0 spiro atoms. The number of benzene rings is 1. The van der Waals surface area contributed by atoms with E-state index in [9.17, 15) is 14.9 Å². The lowest BCUT2D eigenvalue weighted by atomic mass is 10.1. The van der Waals surface area contributed by atoms with Gasteiger partial charge in [-0.25, -0.2) is 5.43 Å². The minimum atomic E-state index is -0.438. The van der Waals surface area contributed by atoms with Crippen molar-refractivity contribution in [3.63, 3.8) is 0 Å². The smallest absolute Gasteiger partial charge is 0.271 e. The predicted octanol–water partition coefficient (Wildman–Crippen LogP) is 2.74. The maximum absolute atomic E-state index is 12.0. The van der Waals surface area contributed by atoms with Gasteiger partial charge in [0.1, 0.15) is 0 Å². The van der Waals surface area contributed by atoms with Gasteiger partial charge in [-0.2, -0.15) is 5.10 Å². The molecular weight excluding hydrogens is 334 g/mol. The third-order valence-electron chi connectivity index (χ3n) is 4.23. The molecule has 1 N–H and O–H groups in total. The summed E-state index contributed by atoms with van der Waals surface area (Å²) in [4.78, 5) is 28.7. The summed E-state index contributed by atoms with van der Waals surface area (Å²) in [5.74, 6) is -0.367. The fourth-order valence-corrected chi connectivity index (χ4v) is 2.91. The Morgan fingerprint density at radius 2 is 1.92 bits per heavy atom. The summed E-state index contributed by atoms with van der Waals surface area (Å²) in [6.07, 6.45) is 7.87. The highest BCUT2D eigenvalue weighted by molar-refractivity contribution is 5.95. The molecular formula is C18H19N5O3. The Bertz CT molecular complexity index is 817. The first-order valence-corrected chi connectivity index (χ1v) is 8.42. The van der Waals surface area contributed by atoms with E-state index >= 15 is 0 Å². The minimum absolute atomic E-state index is 0.00679. The van der Waals surface area contributed by atoms with Crippen molar-refractivity contribution < 1.29 is 9.72 Å². The van der Waals surface area contributed by atoms with E-state index in [1.165, 1.54) is 37.2 Å². The van der Waals surface area contributed by atoms with Crippen LogP contribution in [0.2, 0.25) is 0 Å². The van der Waals surface area contributed by atoms with Crippen LogP contribution >= 0.6 is 0 Å². The number of anilines is 1. The standard InChI is InChI=1S/C18H19N5O3/c24-18(14-6-8-19-9-7-14)21-20-13-15-12-16(23(25)26)4-5-17(15)22-10-2-1-3-11-22/h4-9,12-13H,1-3,10-11H2,(H,21,24)/b20-13-. The quantitative estimate of drug-likeness (QED) is 0.506. The second kappa shape index (κ2) is 8.19. The Morgan fingerprint density at radius 1 is 1.19 bits per heavy atom. The van der Waals surface area contributed by atoms with Crippen LogP contribution in [-0.4, -0.2) is 35.1 Å². The number of rotatable bonds is 5. The number of nitrogens with zero attached hydrogens (tertiary/aromatic N) is 4. The number of hydrogen-bond acceptors (Lipinski definition) is 6. The predicted molar refractivity (Wildman–Crippen MR) is 98.5 cm³/mol. The molecule has 8 heteroatoms. The van der Waals surface area contributed by atoms with Crippen LogP contribution in [0.25, 0.3) is 0 Å². The van der Waals surface area contributed by atoms with E-state index in [2.05, 4.69) is 20.4 Å². The highest BCUT2D eigenvalue weighted by Gasteiger charge is 2.17. The van der Waals surface area contributed by atoms with Crippen LogP contribution in [0.15, 0.2) is 47.8 Å². The zero-order valence-electron chi connectivity index (χ0n) is 14.2. The Hall–Kier alpha value is -3.29. The number of nitrogens with one attached hydrogen (secondary N) is 1. The molecule has 1 saturated heterocycles. The van der Waals surface area contributed by atoms with Crippen molar-refractivity contribution in [3.05, 3.63) is 64.0 Å². The maximum Gasteiger partial charge on any atom is 0.271 e. The first kappa shape index (κ1) is 17.5. The molecule has 1 amide bonds. The van der Waals surface area contributed by atoms with Gasteiger partial charge in [-0.15, -0.1) is 0 Å². The Morgan fingerprint density at radius 3 is 2.62 bits per heavy atom. The zero-order chi connectivity index (χ0) is 18.4. The van der Waals surface area contributed by atoms with Gasteiger partial charge >= 0.3 is 0 Å². The Balaban J connectivity index is 1.80. The van der Waals surface area contributed by atoms with Gasteiger partial charge in [-0.1, -0.05) is 0 Å². The summed E-state index contributed by atoms with van der Waals surface area (Å²) in [7, 11) is 0. The van der Waals surface area contributed by atoms with Gasteiger partial charge in [0, 0.05) is 54.4 Å². The van der Waals surface area contributed by atoms with Crippen molar-refractivity contribution in [1.82, 2.24) is 10.4 Å². The van der Waals surface area contributed by atoms with Gasteiger partial charge in [0.05, 0.1) is 11.1 Å². The second-order valence-electron chi connectivity index (χ2n) is 5.98. The number of amides is 1. The van der Waals surface area contributed by atoms with Gasteiger partial charge in [0.2, 0.25) is 0 Å². The average molecular weight is 353 g/mol. The van der Waals surface area contributed by atoms with Gasteiger partial charge < -0.3 is 4.90 Å². The summed E-state index contributed by atoms with van der Waals surface area (Å²) >= 11 is 0. The topological polar surface area (TPSA) is 101 Å². The van der Waals surface area contributed by atoms with Gasteiger partial charge in [0.15, 0.2) is 0 Å². The monoisotopic (exact) mass is 353 g/mol. The van der Waals surface area contributed by atoms with Crippen LogP contribution in [0.3, 0.4) is 0 Å². The van der Waals surface area contributed by atoms with E-state index in [-0.39, 0.29) is 11.6 Å². The highest BCUT2D eigenvalue weighted by Crippen LogP contribution is 2.26. The number of carbonyl (C=O) groups excluding carboxylic acids is 1. The average Bonchev–Trinajstić information content (AvgIpc) is 2.69. The highest BCUT2D eigenvalue weighted by atomic mass is 16.6. The van der Waals surface area contributed by atoms with Crippen molar-refractivity contribution in [2.75, 3.05) is 18.0 Å². The number of piperidine rings is 1. The molecule has 1 aromatic carbocycles. The molecule has 1 aromatic heterocycles. The van der Waals surface area contributed by atoms with Crippen molar-refractivity contribution >= 4 is 23.5 Å². The van der Waals surface area contributed by atoms with E-state index in [4.69, 9.17) is 0 Å². The fraction of sp³-hybridized carbons (Fsp3) is 0.278. The fourth-order valence-electron chi connectivity index (χ4n) is 2.91. The first-order chi connectivity index (χ1) is 12.6. The number of pyridine rings is 1. The second-order valence-corrected chi connectivity index (χ2v) is 5.98. The van der Waals surface area contributed by atoms with E-state index in [1.54, 1.807) is 18.2 Å². The third-order valence-corrected chi connectivity index (χ3v) is 4.23. The molecule has 0 bridgehead atoms. The first-order valence-electron chi connectivity index (χ1n) is 8.42. The van der Waals surface area contributed by atoms with Crippen LogP contribution in [0, 0.1) is 10.1 Å². The molecule has 2 heterocycles. The third kappa shape index (κ3) is 4.21. The summed E-state index contributed by atoms with van der Waals surface area (Å²) < 4.78 is 0. The van der Waals surface area contributed by atoms with Gasteiger partial charge in [0.25, 0.3) is 11.6 Å². The zero-order valence-corrected chi connectivity index (χ0v) is 14.2. The number of hydrazone groups is 1. The van der Waals surface area contributed by atoms with Crippen LogP contribution in [0.4, 0.5) is 11.4 Å². The minimum Gasteiger partial charge on any atom is -0.371 e. The Kier molecular flexibility index (Phi) is 5.52.